The molecule has 2 heterocycles. The smallest absolute Gasteiger partial charge is 0.143 e. The molecule has 7 aromatic rings. The van der Waals surface area contributed by atoms with Crippen LogP contribution in [0.5, 0.6) is 0 Å². The topological polar surface area (TPSA) is 13.1 Å². The van der Waals surface area contributed by atoms with Crippen molar-refractivity contribution in [1.82, 2.24) is 0 Å². The molecule has 0 amide bonds. The van der Waals surface area contributed by atoms with Crippen molar-refractivity contribution in [3.63, 3.8) is 0 Å². The standard InChI is InChI=1S/C52H40OS/c1-35(40-23-9-6-7-11-25-42(44-27-15-14-26-43(40)44)39-33-32-37-21-12-13-22-38(37)34-39)20-8-4-3-5-10-24-41-36(2)54-52-46-29-17-16-28-45(46)51-49(50(41)52)47-30-18-19-31-48(47)53-51/h3-12,14-21,23-33,38H,1-2,13,22,34H2/b4-3+,7-6?,9-6?,10-5+,11-7?,20-8-,23-9?,25-11?,40-23?,41-24+,42-25?,43-40?,44-42?. The van der Waals surface area contributed by atoms with Crippen LogP contribution in [-0.2, 0) is 0 Å². The van der Waals surface area contributed by atoms with Crippen LogP contribution in [0.2, 0.25) is 0 Å². The quantitative estimate of drug-likeness (QED) is 0.156. The molecule has 0 saturated carbocycles. The number of rotatable bonds is 6. The molecule has 5 aromatic carbocycles. The predicted molar refractivity (Wildman–Crippen MR) is 236 cm³/mol. The number of para-hydroxylation sites is 1. The average molecular weight is 713 g/mol. The molecular formula is C52H40OS. The largest absolute Gasteiger partial charge is 0.455 e. The molecule has 1 nitrogen and oxygen atoms in total. The van der Waals surface area contributed by atoms with Crippen molar-refractivity contribution >= 4 is 88.7 Å². The van der Waals surface area contributed by atoms with Crippen LogP contribution in [-0.4, -0.2) is 0 Å². The van der Waals surface area contributed by atoms with Crippen LogP contribution in [0, 0.1) is 5.92 Å². The Morgan fingerprint density at radius 3 is 2.26 bits per heavy atom. The first-order chi connectivity index (χ1) is 26.7. The van der Waals surface area contributed by atoms with Gasteiger partial charge in [-0.2, -0.15) is 0 Å². The minimum Gasteiger partial charge on any atom is -0.455 e. The fourth-order valence-electron chi connectivity index (χ4n) is 8.16. The molecule has 2 heteroatoms. The van der Waals surface area contributed by atoms with E-state index in [1.54, 1.807) is 11.3 Å². The van der Waals surface area contributed by atoms with Crippen LogP contribution < -0.4 is 9.75 Å². The fourth-order valence-corrected chi connectivity index (χ4v) is 9.29. The Bertz CT molecular complexity index is 3000. The number of fused-ring (bicyclic) bond motifs is 10. The van der Waals surface area contributed by atoms with Crippen LogP contribution in [0.15, 0.2) is 187 Å². The Kier molecular flexibility index (Phi) is 9.12. The van der Waals surface area contributed by atoms with Crippen LogP contribution in [0.25, 0.3) is 77.4 Å². The molecule has 1 atom stereocenters. The van der Waals surface area contributed by atoms with E-state index >= 15 is 0 Å². The van der Waals surface area contributed by atoms with E-state index in [-0.39, 0.29) is 0 Å². The van der Waals surface area contributed by atoms with Crippen LogP contribution in [0.3, 0.4) is 0 Å². The Morgan fingerprint density at radius 1 is 0.685 bits per heavy atom. The number of allylic oxidation sites excluding steroid dienone is 13. The SMILES string of the molecule is C=C(\C=C/C=C/C=C/C=c1\c(=C)sc2c3ccccc3c3oc4ccccc4c3c12)c1ccccccc(C2=CC=C3C=CCCC3C2)c2ccccc12. The third kappa shape index (κ3) is 6.19. The average Bonchev–Trinajstić information content (AvgIpc) is 3.76. The summed E-state index contributed by atoms with van der Waals surface area (Å²) < 4.78 is 8.77. The maximum Gasteiger partial charge on any atom is 0.143 e. The highest BCUT2D eigenvalue weighted by Gasteiger charge is 2.21. The number of furan rings is 1. The minimum absolute atomic E-state index is 0.590. The fraction of sp³-hybridized carbons (Fsp3) is 0.0769. The highest BCUT2D eigenvalue weighted by atomic mass is 32.1. The highest BCUT2D eigenvalue weighted by molar-refractivity contribution is 7.18. The van der Waals surface area contributed by atoms with E-state index in [2.05, 4.69) is 183 Å². The molecule has 1 unspecified atom stereocenters. The van der Waals surface area contributed by atoms with E-state index < -0.39 is 0 Å². The lowest BCUT2D eigenvalue weighted by Crippen LogP contribution is -2.16. The van der Waals surface area contributed by atoms with Gasteiger partial charge in [-0.3, -0.25) is 0 Å². The van der Waals surface area contributed by atoms with E-state index in [9.17, 15) is 0 Å². The summed E-state index contributed by atoms with van der Waals surface area (Å²) in [6, 6.07) is 38.5. The van der Waals surface area contributed by atoms with E-state index in [1.807, 2.05) is 6.07 Å². The van der Waals surface area contributed by atoms with E-state index in [0.717, 1.165) is 61.1 Å². The summed E-state index contributed by atoms with van der Waals surface area (Å²) in [5, 5.41) is 9.42. The van der Waals surface area contributed by atoms with E-state index in [1.165, 1.54) is 49.4 Å². The molecule has 0 saturated heterocycles. The van der Waals surface area contributed by atoms with Crippen molar-refractivity contribution in [3.05, 3.63) is 203 Å². The Morgan fingerprint density at radius 2 is 1.39 bits per heavy atom. The summed E-state index contributed by atoms with van der Waals surface area (Å²) >= 11 is 1.75. The number of benzene rings is 4. The molecule has 9 rings (SSSR count). The number of hydrogen-bond acceptors (Lipinski definition) is 2. The molecule has 0 N–H and O–H groups in total. The van der Waals surface area contributed by atoms with Gasteiger partial charge in [0.05, 0.1) is 0 Å². The van der Waals surface area contributed by atoms with Gasteiger partial charge in [0.25, 0.3) is 0 Å². The van der Waals surface area contributed by atoms with Gasteiger partial charge in [-0.1, -0.05) is 183 Å². The second-order valence-electron chi connectivity index (χ2n) is 14.0. The van der Waals surface area contributed by atoms with E-state index in [0.29, 0.717) is 5.92 Å². The normalized spacial score (nSPS) is 16.3. The van der Waals surface area contributed by atoms with Gasteiger partial charge in [0, 0.05) is 41.4 Å². The van der Waals surface area contributed by atoms with Crippen molar-refractivity contribution in [1.29, 1.82) is 0 Å². The molecule has 2 aromatic heterocycles. The van der Waals surface area contributed by atoms with Gasteiger partial charge in [0.2, 0.25) is 0 Å². The van der Waals surface area contributed by atoms with Crippen molar-refractivity contribution in [2.45, 2.75) is 19.3 Å². The molecular weight excluding hydrogens is 673 g/mol. The van der Waals surface area contributed by atoms with Crippen LogP contribution in [0.1, 0.15) is 30.4 Å². The van der Waals surface area contributed by atoms with Gasteiger partial charge in [-0.05, 0) is 69.9 Å². The summed E-state index contributed by atoms with van der Waals surface area (Å²) in [5.41, 5.74) is 8.06. The lowest BCUT2D eigenvalue weighted by molar-refractivity contribution is 0.573. The summed E-state index contributed by atoms with van der Waals surface area (Å²) in [6.45, 7) is 9.01. The van der Waals surface area contributed by atoms with Gasteiger partial charge < -0.3 is 4.42 Å². The molecule has 0 radical (unpaired) electrons. The van der Waals surface area contributed by atoms with Gasteiger partial charge >= 0.3 is 0 Å². The molecule has 2 aliphatic rings. The Labute approximate surface area is 319 Å². The van der Waals surface area contributed by atoms with E-state index in [4.69, 9.17) is 4.42 Å². The zero-order chi connectivity index (χ0) is 36.4. The summed E-state index contributed by atoms with van der Waals surface area (Å²) in [5.74, 6) is 0.590. The third-order valence-electron chi connectivity index (χ3n) is 10.8. The lowest BCUT2D eigenvalue weighted by atomic mass is 9.79. The summed E-state index contributed by atoms with van der Waals surface area (Å²) in [4.78, 5) is 0. The maximum absolute atomic E-state index is 6.47. The predicted octanol–water partition coefficient (Wildman–Crippen LogP) is 13.5. The molecule has 54 heavy (non-hydrogen) atoms. The Balaban J connectivity index is 1.03. The lowest BCUT2D eigenvalue weighted by Gasteiger charge is -2.26. The first-order valence-corrected chi connectivity index (χ1v) is 19.5. The first-order valence-electron chi connectivity index (χ1n) is 18.7. The number of thiophene rings is 1. The van der Waals surface area contributed by atoms with Gasteiger partial charge in [0.15, 0.2) is 0 Å². The van der Waals surface area contributed by atoms with Crippen molar-refractivity contribution in [2.75, 3.05) is 0 Å². The van der Waals surface area contributed by atoms with Crippen molar-refractivity contribution in [2.24, 2.45) is 5.92 Å². The second kappa shape index (κ2) is 14.7. The molecule has 0 fully saturated rings. The van der Waals surface area contributed by atoms with Gasteiger partial charge in [-0.15, -0.1) is 11.3 Å². The molecule has 0 spiro atoms. The Hall–Kier alpha value is -6.22. The number of hydrogen-bond donors (Lipinski definition) is 0. The second-order valence-corrected chi connectivity index (χ2v) is 15.1. The van der Waals surface area contributed by atoms with Gasteiger partial charge in [0.1, 0.15) is 11.2 Å². The highest BCUT2D eigenvalue weighted by Crippen LogP contribution is 2.41. The van der Waals surface area contributed by atoms with Crippen LogP contribution >= 0.6 is 11.3 Å². The van der Waals surface area contributed by atoms with Crippen molar-refractivity contribution in [3.8, 4) is 0 Å². The van der Waals surface area contributed by atoms with Gasteiger partial charge in [-0.25, -0.2) is 0 Å². The zero-order valence-corrected chi connectivity index (χ0v) is 31.0. The minimum atomic E-state index is 0.590. The monoisotopic (exact) mass is 712 g/mol. The summed E-state index contributed by atoms with van der Waals surface area (Å²) in [7, 11) is 0. The third-order valence-corrected chi connectivity index (χ3v) is 11.8. The molecule has 0 bridgehead atoms. The molecule has 0 aliphatic heterocycles. The summed E-state index contributed by atoms with van der Waals surface area (Å²) in [6.07, 6.45) is 27.4. The first kappa shape index (κ1) is 33.6. The maximum atomic E-state index is 6.47. The van der Waals surface area contributed by atoms with Crippen molar-refractivity contribution < 1.29 is 4.42 Å². The van der Waals surface area contributed by atoms with Crippen LogP contribution in [0.4, 0.5) is 0 Å². The molecule has 260 valence electrons. The molecule has 2 aliphatic carbocycles. The zero-order valence-electron chi connectivity index (χ0n) is 30.2.